The monoisotopic (exact) mass is 248 g/mol. The van der Waals surface area contributed by atoms with Crippen molar-refractivity contribution in [2.45, 2.75) is 33.5 Å². The van der Waals surface area contributed by atoms with Gasteiger partial charge in [-0.05, 0) is 38.0 Å². The smallest absolute Gasteiger partial charge is 0.217 e. The van der Waals surface area contributed by atoms with Crippen LogP contribution < -0.4 is 0 Å². The van der Waals surface area contributed by atoms with Crippen LogP contribution in [-0.2, 0) is 15.9 Å². The highest BCUT2D eigenvalue weighted by molar-refractivity contribution is 5.75. The Labute approximate surface area is 107 Å². The number of rotatable bonds is 6. The van der Waals surface area contributed by atoms with E-state index in [2.05, 4.69) is 29.0 Å². The van der Waals surface area contributed by atoms with Gasteiger partial charge in [0.15, 0.2) is 5.82 Å². The van der Waals surface area contributed by atoms with E-state index in [1.54, 1.807) is 0 Å². The van der Waals surface area contributed by atoms with Crippen LogP contribution in [0, 0.1) is 0 Å². The van der Waals surface area contributed by atoms with E-state index in [0.717, 1.165) is 23.3 Å². The second-order valence-electron chi connectivity index (χ2n) is 4.07. The van der Waals surface area contributed by atoms with Crippen molar-refractivity contribution >= 4 is 11.0 Å². The predicted octanol–water partition coefficient (Wildman–Crippen LogP) is 3.20. The van der Waals surface area contributed by atoms with Crippen LogP contribution >= 0.6 is 0 Å². The van der Waals surface area contributed by atoms with Crippen molar-refractivity contribution in [2.24, 2.45) is 0 Å². The standard InChI is InChI=1S/C14H20N2O2/c1-4-10-7-8-11-12(9-10)16-13(15-11)14(17-5-2)18-6-3/h7-9,14H,4-6H2,1-3H3,(H,15,16). The molecule has 0 aliphatic heterocycles. The fraction of sp³-hybridized carbons (Fsp3) is 0.500. The average Bonchev–Trinajstić information content (AvgIpc) is 2.81. The molecule has 0 bridgehead atoms. The summed E-state index contributed by atoms with van der Waals surface area (Å²) in [6, 6.07) is 6.26. The molecule has 1 N–H and O–H groups in total. The first-order valence-corrected chi connectivity index (χ1v) is 6.50. The molecule has 2 aromatic rings. The van der Waals surface area contributed by atoms with Crippen LogP contribution in [0.5, 0.6) is 0 Å². The fourth-order valence-corrected chi connectivity index (χ4v) is 1.92. The number of benzene rings is 1. The van der Waals surface area contributed by atoms with Gasteiger partial charge in [-0.2, -0.15) is 0 Å². The van der Waals surface area contributed by atoms with Crippen LogP contribution in [0.25, 0.3) is 11.0 Å². The molecule has 0 aliphatic rings. The number of aryl methyl sites for hydroxylation is 1. The van der Waals surface area contributed by atoms with Gasteiger partial charge in [-0.3, -0.25) is 0 Å². The first kappa shape index (κ1) is 13.1. The molecule has 1 aromatic carbocycles. The molecule has 0 saturated heterocycles. The van der Waals surface area contributed by atoms with Gasteiger partial charge in [-0.15, -0.1) is 0 Å². The van der Waals surface area contributed by atoms with E-state index >= 15 is 0 Å². The van der Waals surface area contributed by atoms with Crippen LogP contribution in [0.15, 0.2) is 18.2 Å². The number of H-pyrrole nitrogens is 1. The van der Waals surface area contributed by atoms with Crippen molar-refractivity contribution in [1.82, 2.24) is 9.97 Å². The topological polar surface area (TPSA) is 47.1 Å². The number of imidazole rings is 1. The Kier molecular flexibility index (Phi) is 4.33. The predicted molar refractivity (Wildman–Crippen MR) is 71.5 cm³/mol. The summed E-state index contributed by atoms with van der Waals surface area (Å²) in [4.78, 5) is 7.80. The molecular formula is C14H20N2O2. The number of nitrogens with one attached hydrogen (secondary N) is 1. The second-order valence-corrected chi connectivity index (χ2v) is 4.07. The maximum absolute atomic E-state index is 5.54. The van der Waals surface area contributed by atoms with E-state index in [1.165, 1.54) is 5.56 Å². The van der Waals surface area contributed by atoms with Gasteiger partial charge in [-0.25, -0.2) is 4.98 Å². The molecule has 18 heavy (non-hydrogen) atoms. The molecule has 0 aliphatic carbocycles. The first-order valence-electron chi connectivity index (χ1n) is 6.50. The van der Waals surface area contributed by atoms with Crippen LogP contribution in [0.4, 0.5) is 0 Å². The highest BCUT2D eigenvalue weighted by Gasteiger charge is 2.15. The summed E-state index contributed by atoms with van der Waals surface area (Å²) < 4.78 is 11.1. The average molecular weight is 248 g/mol. The Morgan fingerprint density at radius 2 is 1.89 bits per heavy atom. The highest BCUT2D eigenvalue weighted by Crippen LogP contribution is 2.21. The SMILES string of the molecule is CCOC(OCC)c1nc2ccc(CC)cc2[nH]1. The zero-order valence-corrected chi connectivity index (χ0v) is 11.2. The summed E-state index contributed by atoms with van der Waals surface area (Å²) >= 11 is 0. The molecule has 0 spiro atoms. The molecule has 0 amide bonds. The van der Waals surface area contributed by atoms with Crippen molar-refractivity contribution in [1.29, 1.82) is 0 Å². The lowest BCUT2D eigenvalue weighted by Gasteiger charge is -2.13. The van der Waals surface area contributed by atoms with Gasteiger partial charge in [0.1, 0.15) is 0 Å². The van der Waals surface area contributed by atoms with Crippen LogP contribution in [0.3, 0.4) is 0 Å². The maximum atomic E-state index is 5.54. The van der Waals surface area contributed by atoms with E-state index < -0.39 is 6.29 Å². The Morgan fingerprint density at radius 1 is 1.17 bits per heavy atom. The van der Waals surface area contributed by atoms with Crippen LogP contribution in [0.2, 0.25) is 0 Å². The van der Waals surface area contributed by atoms with E-state index in [-0.39, 0.29) is 0 Å². The Bertz CT molecular complexity index is 501. The molecule has 1 aromatic heterocycles. The van der Waals surface area contributed by atoms with Gasteiger partial charge in [0.05, 0.1) is 11.0 Å². The molecule has 0 fully saturated rings. The third-order valence-electron chi connectivity index (χ3n) is 2.83. The number of hydrogen-bond acceptors (Lipinski definition) is 3. The van der Waals surface area contributed by atoms with Gasteiger partial charge in [0, 0.05) is 13.2 Å². The molecule has 4 heteroatoms. The lowest BCUT2D eigenvalue weighted by molar-refractivity contribution is -0.144. The summed E-state index contributed by atoms with van der Waals surface area (Å²) in [6.07, 6.45) is 0.613. The van der Waals surface area contributed by atoms with E-state index in [4.69, 9.17) is 9.47 Å². The van der Waals surface area contributed by atoms with Crippen molar-refractivity contribution in [3.05, 3.63) is 29.6 Å². The minimum absolute atomic E-state index is 0.405. The second kappa shape index (κ2) is 5.98. The molecule has 0 atom stereocenters. The van der Waals surface area contributed by atoms with Gasteiger partial charge < -0.3 is 14.5 Å². The molecule has 0 unspecified atom stereocenters. The third kappa shape index (κ3) is 2.71. The zero-order chi connectivity index (χ0) is 13.0. The minimum Gasteiger partial charge on any atom is -0.346 e. The summed E-state index contributed by atoms with van der Waals surface area (Å²) in [5.74, 6) is 0.738. The van der Waals surface area contributed by atoms with Crippen molar-refractivity contribution in [2.75, 3.05) is 13.2 Å². The number of aromatic amines is 1. The number of aromatic nitrogens is 2. The Hall–Kier alpha value is -1.39. The quantitative estimate of drug-likeness (QED) is 0.798. The normalized spacial score (nSPS) is 11.6. The molecule has 0 saturated carbocycles. The van der Waals surface area contributed by atoms with Gasteiger partial charge in [0.25, 0.3) is 0 Å². The number of fused-ring (bicyclic) bond motifs is 1. The third-order valence-corrected chi connectivity index (χ3v) is 2.83. The summed E-state index contributed by atoms with van der Waals surface area (Å²) in [5, 5.41) is 0. The Morgan fingerprint density at radius 3 is 2.50 bits per heavy atom. The number of hydrogen-bond donors (Lipinski definition) is 1. The van der Waals surface area contributed by atoms with Gasteiger partial charge in [0.2, 0.25) is 6.29 Å². The molecule has 1 heterocycles. The largest absolute Gasteiger partial charge is 0.346 e. The van der Waals surface area contributed by atoms with E-state index in [0.29, 0.717) is 13.2 Å². The Balaban J connectivity index is 2.32. The first-order chi connectivity index (χ1) is 8.78. The van der Waals surface area contributed by atoms with Crippen molar-refractivity contribution < 1.29 is 9.47 Å². The maximum Gasteiger partial charge on any atom is 0.217 e. The molecular weight excluding hydrogens is 228 g/mol. The van der Waals surface area contributed by atoms with Crippen molar-refractivity contribution in [3.8, 4) is 0 Å². The molecule has 98 valence electrons. The lowest BCUT2D eigenvalue weighted by Crippen LogP contribution is -2.10. The minimum atomic E-state index is -0.405. The summed E-state index contributed by atoms with van der Waals surface area (Å²) in [6.45, 7) is 7.24. The molecule has 0 radical (unpaired) electrons. The van der Waals surface area contributed by atoms with Crippen molar-refractivity contribution in [3.63, 3.8) is 0 Å². The van der Waals surface area contributed by atoms with Crippen LogP contribution in [0.1, 0.15) is 38.4 Å². The number of ether oxygens (including phenoxy) is 2. The molecule has 4 nitrogen and oxygen atoms in total. The van der Waals surface area contributed by atoms with Gasteiger partial charge >= 0.3 is 0 Å². The van der Waals surface area contributed by atoms with Crippen LogP contribution in [-0.4, -0.2) is 23.2 Å². The fourth-order valence-electron chi connectivity index (χ4n) is 1.92. The highest BCUT2D eigenvalue weighted by atomic mass is 16.7. The van der Waals surface area contributed by atoms with E-state index in [1.807, 2.05) is 19.9 Å². The molecule has 2 rings (SSSR count). The number of nitrogens with zero attached hydrogens (tertiary/aromatic N) is 1. The lowest BCUT2D eigenvalue weighted by atomic mass is 10.1. The van der Waals surface area contributed by atoms with Gasteiger partial charge in [-0.1, -0.05) is 13.0 Å². The summed E-state index contributed by atoms with van der Waals surface area (Å²) in [7, 11) is 0. The van der Waals surface area contributed by atoms with E-state index in [9.17, 15) is 0 Å². The summed E-state index contributed by atoms with van der Waals surface area (Å²) in [5.41, 5.74) is 3.28. The zero-order valence-electron chi connectivity index (χ0n) is 11.2.